The molecule has 0 bridgehead atoms. The van der Waals surface area contributed by atoms with E-state index >= 15 is 0 Å². The number of anilines is 6. The molecule has 0 spiro atoms. The highest BCUT2D eigenvalue weighted by molar-refractivity contribution is 8.16. The molecule has 0 aliphatic carbocycles. The topological polar surface area (TPSA) is 1100 Å². The molecule has 12 aliphatic rings. The van der Waals surface area contributed by atoms with Gasteiger partial charge in [-0.15, -0.1) is 0 Å². The van der Waals surface area contributed by atoms with E-state index in [-0.39, 0.29) is 136 Å². The third kappa shape index (κ3) is 19.3. The van der Waals surface area contributed by atoms with E-state index in [0.717, 1.165) is 0 Å². The highest BCUT2D eigenvalue weighted by Crippen LogP contribution is 2.49. The van der Waals surface area contributed by atoms with Crippen LogP contribution in [0.4, 0.5) is 34.9 Å². The van der Waals surface area contributed by atoms with Crippen molar-refractivity contribution in [3.8, 4) is 0 Å². The fourth-order valence-corrected chi connectivity index (χ4v) is 21.7. The van der Waals surface area contributed by atoms with Gasteiger partial charge in [-0.1, -0.05) is 70.6 Å². The van der Waals surface area contributed by atoms with Crippen molar-refractivity contribution < 1.29 is 123 Å². The van der Waals surface area contributed by atoms with E-state index in [1.807, 2.05) is 0 Å². The summed E-state index contributed by atoms with van der Waals surface area (Å²) in [5, 5.41) is 134. The number of nitrogens with one attached hydrogen (secondary N) is 6. The number of fused-ring (bicyclic) bond motifs is 18. The summed E-state index contributed by atoms with van der Waals surface area (Å²) in [7, 11) is 0. The maximum absolute atomic E-state index is 11.4. The number of imidazole rings is 6. The molecule has 18 rings (SSSR count). The lowest BCUT2D eigenvalue weighted by atomic mass is 10.0. The molecule has 6 aromatic rings. The van der Waals surface area contributed by atoms with E-state index in [9.17, 15) is 59.4 Å². The zero-order valence-corrected chi connectivity index (χ0v) is 69.7. The van der Waals surface area contributed by atoms with Gasteiger partial charge in [0.15, 0.2) is 65.2 Å². The minimum Gasteiger partial charge on any atom is -0.412 e. The van der Waals surface area contributed by atoms with Gasteiger partial charge >= 0.3 is 0 Å². The Bertz CT molecular complexity index is 4330. The van der Waals surface area contributed by atoms with E-state index in [4.69, 9.17) is 99.4 Å². The van der Waals surface area contributed by atoms with Gasteiger partial charge < -0.3 is 195 Å². The zero-order valence-electron chi connectivity index (χ0n) is 64.8. The molecule has 18 heterocycles. The number of nitrogens with two attached hydrogens (primary N) is 12. The van der Waals surface area contributed by atoms with Crippen LogP contribution in [0.2, 0.25) is 0 Å². The Morgan fingerprint density at radius 2 is 0.389 bits per heavy atom. The minimum atomic E-state index is -1.01. The van der Waals surface area contributed by atoms with E-state index < -0.39 is 148 Å². The number of carbonyl (C=O) groups is 6. The molecule has 0 saturated carbocycles. The molecule has 66 heteroatoms. The summed E-state index contributed by atoms with van der Waals surface area (Å²) >= 11 is 7.87. The van der Waals surface area contributed by atoms with E-state index in [0.29, 0.717) is 65.9 Å². The average Bonchev–Trinajstić information content (AvgIpc) is 1.63. The van der Waals surface area contributed by atoms with Crippen molar-refractivity contribution >= 4 is 172 Å². The molecule has 696 valence electrons. The van der Waals surface area contributed by atoms with Gasteiger partial charge in [-0.05, 0) is 0 Å². The first-order chi connectivity index (χ1) is 57.1. The Hall–Kier alpha value is -10.9. The van der Waals surface area contributed by atoms with E-state index in [1.165, 1.54) is 109 Å². The van der Waals surface area contributed by atoms with Crippen molar-refractivity contribution in [3.05, 3.63) is 72.1 Å². The molecule has 0 unspecified atom stereocenters. The van der Waals surface area contributed by atoms with Crippen LogP contribution in [-0.2, 0) is 0 Å². The number of primary amides is 6. The van der Waals surface area contributed by atoms with Gasteiger partial charge in [-0.3, -0.25) is 56.2 Å². The number of aromatic nitrogens is 12. The van der Waals surface area contributed by atoms with Gasteiger partial charge in [-0.25, -0.2) is 59.9 Å². The summed E-state index contributed by atoms with van der Waals surface area (Å²) in [6.07, 6.45) is 0.379. The van der Waals surface area contributed by atoms with Crippen molar-refractivity contribution in [2.75, 3.05) is 71.5 Å². The molecule has 60 nitrogen and oxygen atoms in total. The highest BCUT2D eigenvalue weighted by atomic mass is 32.2. The number of thioether (sulfide) groups is 6. The van der Waals surface area contributed by atoms with Crippen LogP contribution in [0.5, 0.6) is 0 Å². The largest absolute Gasteiger partial charge is 0.412 e. The third-order valence-corrected chi connectivity index (χ3v) is 27.2. The second kappa shape index (κ2) is 41.7. The summed E-state index contributed by atoms with van der Waals surface area (Å²) in [5.74, 6) is -1.75. The summed E-state index contributed by atoms with van der Waals surface area (Å²) in [6.45, 7) is -2.49. The van der Waals surface area contributed by atoms with Gasteiger partial charge in [0.1, 0.15) is 71.9 Å². The van der Waals surface area contributed by atoms with Crippen molar-refractivity contribution in [2.45, 2.75) is 141 Å². The molecular weight excluding hydrogens is 1800 g/mol. The molecule has 0 aromatic carbocycles. The molecule has 126 heavy (non-hydrogen) atoms. The van der Waals surface area contributed by atoms with E-state index in [1.54, 1.807) is 27.4 Å². The van der Waals surface area contributed by atoms with Crippen LogP contribution < -0.4 is 101 Å². The van der Waals surface area contributed by atoms with Gasteiger partial charge in [0.2, 0.25) is 0 Å². The molecule has 0 radical (unpaired) electrons. The van der Waals surface area contributed by atoms with Crippen molar-refractivity contribution in [2.24, 2.45) is 98.8 Å². The van der Waals surface area contributed by atoms with Crippen LogP contribution >= 0.6 is 70.6 Å². The third-order valence-electron chi connectivity index (χ3n) is 20.3. The standard InChI is InChI=1S/6C10H14N6O3S.6H2O/c6*11-7(19)5-8-14-4(3(18)1-17)6-9(15-10(12)20-6)16(8)2-13-5;;;;;;/h6*2-4,6,9,14,17-18H,1H2,(H2,11,19)(H2,12,15);6*1H2/t6*3-,4+,6-,9+;;;;;;/m000000....../s1. The molecule has 0 saturated heterocycles. The van der Waals surface area contributed by atoms with E-state index in [2.05, 4.69) is 91.8 Å². The Kier molecular flexibility index (Phi) is 33.8. The Morgan fingerprint density at radius 1 is 0.270 bits per heavy atom. The number of amides is 6. The van der Waals surface area contributed by atoms with Crippen molar-refractivity contribution in [1.82, 2.24) is 57.3 Å². The van der Waals surface area contributed by atoms with Crippen LogP contribution in [0.25, 0.3) is 0 Å². The first kappa shape index (κ1) is 102. The first-order valence-electron chi connectivity index (χ1n) is 35.7. The number of aliphatic imine (C=N–C) groups is 6. The Morgan fingerprint density at radius 3 is 0.492 bits per heavy atom. The van der Waals surface area contributed by atoms with Crippen LogP contribution in [-0.4, -0.2) is 362 Å². The number of nitrogens with zero attached hydrogens (tertiary/aromatic N) is 18. The number of amidine groups is 6. The fourth-order valence-electron chi connectivity index (χ4n) is 14.8. The predicted octanol–water partition coefficient (Wildman–Crippen LogP) is -16.6. The van der Waals surface area contributed by atoms with Gasteiger partial charge in [0.25, 0.3) is 35.4 Å². The van der Waals surface area contributed by atoms with Gasteiger partial charge in [-0.2, -0.15) is 0 Å². The molecule has 6 aromatic heterocycles. The summed E-state index contributed by atoms with van der Waals surface area (Å²) in [6, 6.07) is -3.07. The number of hydrogen-bond acceptors (Lipinski definition) is 48. The number of aliphatic hydroxyl groups is 12. The maximum atomic E-state index is 11.4. The number of aliphatic hydroxyl groups excluding tert-OH is 12. The lowest BCUT2D eigenvalue weighted by Gasteiger charge is -2.36. The van der Waals surface area contributed by atoms with Crippen molar-refractivity contribution in [3.63, 3.8) is 0 Å². The summed E-state index contributed by atoms with van der Waals surface area (Å²) in [4.78, 5) is 118. The second-order valence-electron chi connectivity index (χ2n) is 27.6. The minimum absolute atomic E-state index is 0. The molecule has 0 fully saturated rings. The predicted molar refractivity (Wildman–Crippen MR) is 461 cm³/mol. The maximum Gasteiger partial charge on any atom is 0.271 e. The Balaban J connectivity index is 0.000000205. The SMILES string of the molecule is NC(=O)c1ncn2c1N[C@H]([C@@H](O)CO)[C@@H]1SC(N)=N[C@@H]12.NC(=O)c1ncn2c1N[C@H]([C@@H](O)CO)[C@@H]1SC(N)=N[C@@H]12.NC(=O)c1ncn2c1N[C@H]([C@@H](O)CO)[C@@H]1SC(N)=N[C@@H]12.NC(=O)c1ncn2c1N[C@H]([C@@H](O)CO)[C@@H]1SC(N)=N[C@@H]12.NC(=O)c1ncn2c1N[C@H]([C@@H](O)CO)[C@@H]1SC(N)=N[C@@H]12.NC(=O)c1ncn2c1N[C@H]([C@@H](O)CO)[C@@H]1SC(N)=N[C@@H]12.O.O.O.O.O.O. The van der Waals surface area contributed by atoms with Gasteiger partial charge in [0.05, 0.1) is 182 Å². The molecular formula is C60H96N36O24S6. The quantitative estimate of drug-likeness (QED) is 0.0380. The number of carbonyl (C=O) groups excluding carboxylic acids is 6. The first-order valence-corrected chi connectivity index (χ1v) is 41.0. The van der Waals surface area contributed by atoms with Crippen LogP contribution in [0.15, 0.2) is 67.9 Å². The number of rotatable bonds is 18. The molecule has 24 atom stereocenters. The average molecular weight is 1900 g/mol. The fraction of sp³-hybridized carbons (Fsp3) is 0.500. The summed E-state index contributed by atoms with van der Waals surface area (Å²) < 4.78 is 9.99. The second-order valence-corrected chi connectivity index (χ2v) is 34.8. The van der Waals surface area contributed by atoms with Crippen LogP contribution in [0, 0.1) is 0 Å². The molecule has 6 amide bonds. The monoisotopic (exact) mass is 1900 g/mol. The highest BCUT2D eigenvalue weighted by Gasteiger charge is 2.52. The van der Waals surface area contributed by atoms with Crippen molar-refractivity contribution in [1.29, 1.82) is 0 Å². The Labute approximate surface area is 732 Å². The smallest absolute Gasteiger partial charge is 0.271 e. The molecule has 12 aliphatic heterocycles. The van der Waals surface area contributed by atoms with Gasteiger partial charge in [0, 0.05) is 0 Å². The lowest BCUT2D eigenvalue weighted by Crippen LogP contribution is -2.50. The normalized spacial score (nSPS) is 27.7. The molecule has 54 N–H and O–H groups in total. The van der Waals surface area contributed by atoms with Crippen LogP contribution in [0.3, 0.4) is 0 Å². The zero-order chi connectivity index (χ0) is 86.6. The number of hydrogen-bond donors (Lipinski definition) is 30. The summed E-state index contributed by atoms with van der Waals surface area (Å²) in [5.41, 5.74) is 66.5. The van der Waals surface area contributed by atoms with Crippen LogP contribution in [0.1, 0.15) is 99.9 Å². The lowest BCUT2D eigenvalue weighted by molar-refractivity contribution is 0.0731.